The van der Waals surface area contributed by atoms with Crippen LogP contribution >= 0.6 is 0 Å². The van der Waals surface area contributed by atoms with E-state index in [0.29, 0.717) is 12.1 Å². The Bertz CT molecular complexity index is 566. The zero-order valence-corrected chi connectivity index (χ0v) is 13.2. The van der Waals surface area contributed by atoms with E-state index in [9.17, 15) is 9.59 Å². The minimum atomic E-state index is -0.301. The zero-order valence-electron chi connectivity index (χ0n) is 13.2. The van der Waals surface area contributed by atoms with Gasteiger partial charge in [-0.25, -0.2) is 4.79 Å². The molecule has 0 aliphatic rings. The maximum Gasteiger partial charge on any atom is 0.328 e. The lowest BCUT2D eigenvalue weighted by atomic mass is 9.79. The van der Waals surface area contributed by atoms with Gasteiger partial charge in [0.2, 0.25) is 0 Å². The first kappa shape index (κ1) is 15.7. The topological polar surface area (TPSA) is 54.9 Å². The number of H-pyrrole nitrogens is 1. The Kier molecular flexibility index (Phi) is 4.13. The van der Waals surface area contributed by atoms with Gasteiger partial charge in [-0.1, -0.05) is 48.5 Å². The Hall–Kier alpha value is -1.32. The zero-order chi connectivity index (χ0) is 15.0. The second-order valence-corrected chi connectivity index (χ2v) is 7.14. The molecule has 0 saturated carbocycles. The average molecular weight is 266 g/mol. The summed E-state index contributed by atoms with van der Waals surface area (Å²) in [6, 6.07) is 0. The van der Waals surface area contributed by atoms with Crippen molar-refractivity contribution in [2.45, 2.75) is 72.3 Å². The highest BCUT2D eigenvalue weighted by molar-refractivity contribution is 5.30. The van der Waals surface area contributed by atoms with E-state index in [-0.39, 0.29) is 22.1 Å². The predicted octanol–water partition coefficient (Wildman–Crippen LogP) is 2.54. The first-order valence-corrected chi connectivity index (χ1v) is 6.88. The van der Waals surface area contributed by atoms with Crippen molar-refractivity contribution >= 4 is 0 Å². The molecule has 4 heteroatoms. The minimum absolute atomic E-state index is 0.150. The van der Waals surface area contributed by atoms with Crippen molar-refractivity contribution in [2.24, 2.45) is 0 Å². The van der Waals surface area contributed by atoms with Gasteiger partial charge in [-0.2, -0.15) is 0 Å². The summed E-state index contributed by atoms with van der Waals surface area (Å²) in [6.07, 6.45) is 0.765. The molecule has 108 valence electrons. The summed E-state index contributed by atoms with van der Waals surface area (Å²) in [7, 11) is 0. The summed E-state index contributed by atoms with van der Waals surface area (Å²) in [5.41, 5.74) is 0.467. The Morgan fingerprint density at radius 3 is 1.89 bits per heavy atom. The van der Waals surface area contributed by atoms with E-state index in [1.54, 1.807) is 0 Å². The third-order valence-electron chi connectivity index (χ3n) is 3.13. The summed E-state index contributed by atoms with van der Waals surface area (Å²) in [5.74, 6) is 0. The molecule has 0 aliphatic heterocycles. The highest BCUT2D eigenvalue weighted by atomic mass is 16.2. The Labute approximate surface area is 114 Å². The van der Waals surface area contributed by atoms with E-state index in [4.69, 9.17) is 0 Å². The van der Waals surface area contributed by atoms with Crippen LogP contribution in [0, 0.1) is 0 Å². The fourth-order valence-corrected chi connectivity index (χ4v) is 2.26. The van der Waals surface area contributed by atoms with Crippen LogP contribution in [0.2, 0.25) is 0 Å². The summed E-state index contributed by atoms with van der Waals surface area (Å²) >= 11 is 0. The number of aromatic amines is 1. The molecule has 1 N–H and O–H groups in total. The molecule has 19 heavy (non-hydrogen) atoms. The van der Waals surface area contributed by atoms with Crippen molar-refractivity contribution in [3.8, 4) is 0 Å². The molecule has 1 heterocycles. The summed E-state index contributed by atoms with van der Waals surface area (Å²) < 4.78 is 1.32. The predicted molar refractivity (Wildman–Crippen MR) is 79.0 cm³/mol. The van der Waals surface area contributed by atoms with E-state index < -0.39 is 0 Å². The maximum atomic E-state index is 12.6. The summed E-state index contributed by atoms with van der Waals surface area (Å²) in [6.45, 7) is 14.5. The molecule has 0 saturated heterocycles. The molecule has 4 nitrogen and oxygen atoms in total. The smallest absolute Gasteiger partial charge is 0.310 e. The van der Waals surface area contributed by atoms with Gasteiger partial charge in [0, 0.05) is 23.2 Å². The molecule has 0 aromatic carbocycles. The van der Waals surface area contributed by atoms with Crippen molar-refractivity contribution in [1.29, 1.82) is 0 Å². The number of nitrogens with zero attached hydrogens (tertiary/aromatic N) is 1. The molecule has 1 aromatic rings. The fraction of sp³-hybridized carbons (Fsp3) is 0.733. The minimum Gasteiger partial charge on any atom is -0.310 e. The van der Waals surface area contributed by atoms with Crippen LogP contribution in [-0.2, 0) is 17.4 Å². The van der Waals surface area contributed by atoms with Gasteiger partial charge in [0.1, 0.15) is 0 Å². The van der Waals surface area contributed by atoms with Gasteiger partial charge in [-0.3, -0.25) is 9.36 Å². The largest absolute Gasteiger partial charge is 0.328 e. The van der Waals surface area contributed by atoms with Gasteiger partial charge in [0.25, 0.3) is 5.56 Å². The van der Waals surface area contributed by atoms with Crippen LogP contribution < -0.4 is 11.2 Å². The fourth-order valence-electron chi connectivity index (χ4n) is 2.26. The molecule has 0 spiro atoms. The highest BCUT2D eigenvalue weighted by Crippen LogP contribution is 2.29. The normalized spacial score (nSPS) is 12.8. The van der Waals surface area contributed by atoms with Crippen LogP contribution in [0.15, 0.2) is 9.59 Å². The first-order valence-electron chi connectivity index (χ1n) is 6.88. The van der Waals surface area contributed by atoms with Crippen molar-refractivity contribution < 1.29 is 0 Å². The molecule has 0 radical (unpaired) electrons. The van der Waals surface area contributed by atoms with Crippen LogP contribution in [0.5, 0.6) is 0 Å². The molecular formula is C15H26N2O2. The quantitative estimate of drug-likeness (QED) is 0.894. The molecule has 1 aromatic heterocycles. The van der Waals surface area contributed by atoms with Crippen molar-refractivity contribution in [3.05, 3.63) is 32.1 Å². The van der Waals surface area contributed by atoms with Gasteiger partial charge in [-0.15, -0.1) is 0 Å². The second kappa shape index (κ2) is 4.99. The van der Waals surface area contributed by atoms with Crippen LogP contribution in [0.4, 0.5) is 0 Å². The van der Waals surface area contributed by atoms with Crippen LogP contribution in [-0.4, -0.2) is 9.55 Å². The van der Waals surface area contributed by atoms with Crippen LogP contribution in [0.25, 0.3) is 0 Å². The standard InChI is InChI=1S/C15H26N2O2/c1-8-9-17-12(18)10(14(2,3)4)11(15(5,6)7)16-13(17)19/h8-9H2,1-7H3,(H,16,19). The van der Waals surface area contributed by atoms with Gasteiger partial charge in [0.15, 0.2) is 0 Å². The van der Waals surface area contributed by atoms with Crippen LogP contribution in [0.3, 0.4) is 0 Å². The lowest BCUT2D eigenvalue weighted by Gasteiger charge is -2.29. The second-order valence-electron chi connectivity index (χ2n) is 7.14. The highest BCUT2D eigenvalue weighted by Gasteiger charge is 2.30. The maximum absolute atomic E-state index is 12.6. The molecule has 0 aliphatic carbocycles. The number of hydrogen-bond acceptors (Lipinski definition) is 2. The molecule has 0 atom stereocenters. The Morgan fingerprint density at radius 2 is 1.53 bits per heavy atom. The number of aromatic nitrogens is 2. The number of rotatable bonds is 2. The molecule has 0 bridgehead atoms. The average Bonchev–Trinajstić information content (AvgIpc) is 2.19. The van der Waals surface area contributed by atoms with Gasteiger partial charge in [0.05, 0.1) is 0 Å². The first-order chi connectivity index (χ1) is 8.50. The van der Waals surface area contributed by atoms with Gasteiger partial charge in [-0.05, 0) is 11.8 Å². The molecular weight excluding hydrogens is 240 g/mol. The molecule has 0 amide bonds. The van der Waals surface area contributed by atoms with E-state index in [1.807, 2.05) is 48.5 Å². The lowest BCUT2D eigenvalue weighted by molar-refractivity contribution is 0.480. The Balaban J connectivity index is 3.79. The Morgan fingerprint density at radius 1 is 1.00 bits per heavy atom. The van der Waals surface area contributed by atoms with Gasteiger partial charge < -0.3 is 4.98 Å². The molecule has 1 rings (SSSR count). The molecule has 0 fully saturated rings. The van der Waals surface area contributed by atoms with E-state index in [2.05, 4.69) is 4.98 Å². The van der Waals surface area contributed by atoms with Gasteiger partial charge >= 0.3 is 5.69 Å². The number of nitrogens with one attached hydrogen (secondary N) is 1. The monoisotopic (exact) mass is 266 g/mol. The molecule has 0 unspecified atom stereocenters. The van der Waals surface area contributed by atoms with Crippen molar-refractivity contribution in [3.63, 3.8) is 0 Å². The van der Waals surface area contributed by atoms with E-state index >= 15 is 0 Å². The summed E-state index contributed by atoms with van der Waals surface area (Å²) in [4.78, 5) is 27.6. The van der Waals surface area contributed by atoms with E-state index in [1.165, 1.54) is 4.57 Å². The van der Waals surface area contributed by atoms with Crippen molar-refractivity contribution in [2.75, 3.05) is 0 Å². The van der Waals surface area contributed by atoms with Crippen LogP contribution in [0.1, 0.15) is 66.1 Å². The third-order valence-corrected chi connectivity index (χ3v) is 3.13. The van der Waals surface area contributed by atoms with E-state index in [0.717, 1.165) is 12.1 Å². The third kappa shape index (κ3) is 3.17. The summed E-state index contributed by atoms with van der Waals surface area (Å²) in [5, 5.41) is 0. The number of hydrogen-bond donors (Lipinski definition) is 1. The van der Waals surface area contributed by atoms with Crippen molar-refractivity contribution in [1.82, 2.24) is 9.55 Å². The lowest BCUT2D eigenvalue weighted by Crippen LogP contribution is -2.44. The SMILES string of the molecule is CCCn1c(=O)[nH]c(C(C)(C)C)c(C(C)(C)C)c1=O.